The second-order valence-electron chi connectivity index (χ2n) is 3.73. The third kappa shape index (κ3) is 0.722. The minimum absolute atomic E-state index is 0.128. The zero-order valence-electron chi connectivity index (χ0n) is 6.38. The summed E-state index contributed by atoms with van der Waals surface area (Å²) in [5.41, 5.74) is 0.307. The molecule has 2 N–H and O–H groups in total. The molecule has 0 radical (unpaired) electrons. The number of ether oxygens (including phenoxy) is 1. The standard InChI is InChI=1S/C8H14O2/c1-6-4-8(6)2-3-10-5-7(8)9/h6-7,9H,2-5H2,1H3/p+1/t6?,7-,8?/m0/s1. The number of hydrogen-bond donors (Lipinski definition) is 1. The van der Waals surface area contributed by atoms with Crippen LogP contribution in [0.4, 0.5) is 0 Å². The molecule has 1 saturated carbocycles. The lowest BCUT2D eigenvalue weighted by Gasteiger charge is -2.25. The summed E-state index contributed by atoms with van der Waals surface area (Å²) >= 11 is 0. The van der Waals surface area contributed by atoms with Crippen LogP contribution in [0.2, 0.25) is 0 Å². The molecular formula is C8H15O2+. The Bertz CT molecular complexity index is 146. The first kappa shape index (κ1) is 6.62. The molecule has 1 heterocycles. The van der Waals surface area contributed by atoms with Gasteiger partial charge in [0.2, 0.25) is 0 Å². The van der Waals surface area contributed by atoms with E-state index in [-0.39, 0.29) is 6.10 Å². The normalized spacial score (nSPS) is 53.4. The smallest absolute Gasteiger partial charge is 0.171 e. The van der Waals surface area contributed by atoms with Crippen LogP contribution in [0.25, 0.3) is 0 Å². The van der Waals surface area contributed by atoms with Crippen molar-refractivity contribution in [2.24, 2.45) is 11.3 Å². The van der Waals surface area contributed by atoms with Gasteiger partial charge in [-0.1, -0.05) is 6.92 Å². The molecule has 2 heteroatoms. The molecular weight excluding hydrogens is 128 g/mol. The number of rotatable bonds is 0. The van der Waals surface area contributed by atoms with Crippen LogP contribution in [0.5, 0.6) is 0 Å². The fourth-order valence-electron chi connectivity index (χ4n) is 2.17. The van der Waals surface area contributed by atoms with Gasteiger partial charge >= 0.3 is 0 Å². The zero-order chi connectivity index (χ0) is 7.19. The molecule has 2 aliphatic rings. The van der Waals surface area contributed by atoms with Crippen LogP contribution in [-0.4, -0.2) is 29.2 Å². The first-order chi connectivity index (χ1) is 4.76. The minimum Gasteiger partial charge on any atom is -0.432 e. The highest BCUT2D eigenvalue weighted by atomic mass is 16.5. The summed E-state index contributed by atoms with van der Waals surface area (Å²) in [7, 11) is 0. The first-order valence-corrected chi connectivity index (χ1v) is 4.07. The quantitative estimate of drug-likeness (QED) is 0.486. The molecule has 0 bridgehead atoms. The van der Waals surface area contributed by atoms with E-state index in [9.17, 15) is 5.11 Å². The second-order valence-corrected chi connectivity index (χ2v) is 3.73. The van der Waals surface area contributed by atoms with Gasteiger partial charge in [-0.3, -0.25) is 0 Å². The molecule has 0 aromatic carbocycles. The van der Waals surface area contributed by atoms with Crippen molar-refractivity contribution in [3.63, 3.8) is 0 Å². The maximum atomic E-state index is 9.58. The lowest BCUT2D eigenvalue weighted by molar-refractivity contribution is -0.151. The Kier molecular flexibility index (Phi) is 1.29. The second kappa shape index (κ2) is 1.95. The molecule has 58 valence electrons. The van der Waals surface area contributed by atoms with Crippen molar-refractivity contribution in [1.82, 2.24) is 0 Å². The average molecular weight is 143 g/mol. The van der Waals surface area contributed by atoms with Crippen LogP contribution in [-0.2, 0) is 0 Å². The molecule has 0 amide bonds. The van der Waals surface area contributed by atoms with Gasteiger partial charge in [0.1, 0.15) is 12.7 Å². The molecule has 1 aliphatic carbocycles. The summed E-state index contributed by atoms with van der Waals surface area (Å²) in [6.45, 7) is 3.89. The third-order valence-electron chi connectivity index (χ3n) is 3.21. The summed E-state index contributed by atoms with van der Waals surface area (Å²) < 4.78 is 4.18. The Morgan fingerprint density at radius 1 is 1.60 bits per heavy atom. The lowest BCUT2D eigenvalue weighted by atomic mass is 9.91. The van der Waals surface area contributed by atoms with Crippen LogP contribution in [0.3, 0.4) is 0 Å². The van der Waals surface area contributed by atoms with E-state index in [0.29, 0.717) is 12.0 Å². The van der Waals surface area contributed by atoms with E-state index in [1.54, 1.807) is 0 Å². The monoisotopic (exact) mass is 143 g/mol. The van der Waals surface area contributed by atoms with E-state index in [1.165, 1.54) is 6.42 Å². The van der Waals surface area contributed by atoms with Gasteiger partial charge < -0.3 is 9.84 Å². The van der Waals surface area contributed by atoms with Crippen molar-refractivity contribution < 1.29 is 9.84 Å². The predicted octanol–water partition coefficient (Wildman–Crippen LogP) is 0.305. The third-order valence-corrected chi connectivity index (χ3v) is 3.21. The summed E-state index contributed by atoms with van der Waals surface area (Å²) in [5.74, 6) is 0.748. The van der Waals surface area contributed by atoms with Crippen LogP contribution < -0.4 is 0 Å². The molecule has 1 aliphatic heterocycles. The number of hydrogen-bond acceptors (Lipinski definition) is 1. The van der Waals surface area contributed by atoms with Crippen molar-refractivity contribution in [2.75, 3.05) is 13.2 Å². The summed E-state index contributed by atoms with van der Waals surface area (Å²) in [4.78, 5) is 0. The van der Waals surface area contributed by atoms with Gasteiger partial charge in [0, 0.05) is 11.8 Å². The van der Waals surface area contributed by atoms with E-state index >= 15 is 0 Å². The predicted molar refractivity (Wildman–Crippen MR) is 38.8 cm³/mol. The molecule has 2 fully saturated rings. The van der Waals surface area contributed by atoms with Gasteiger partial charge in [-0.15, -0.1) is 0 Å². The summed E-state index contributed by atoms with van der Waals surface area (Å²) in [6, 6.07) is 0. The molecule has 1 saturated heterocycles. The van der Waals surface area contributed by atoms with Crippen molar-refractivity contribution in [1.29, 1.82) is 0 Å². The van der Waals surface area contributed by atoms with Crippen LogP contribution >= 0.6 is 0 Å². The van der Waals surface area contributed by atoms with Crippen molar-refractivity contribution in [2.45, 2.75) is 25.9 Å². The van der Waals surface area contributed by atoms with E-state index in [0.717, 1.165) is 18.9 Å². The van der Waals surface area contributed by atoms with E-state index in [1.807, 2.05) is 0 Å². The Morgan fingerprint density at radius 3 is 2.70 bits per heavy atom. The summed E-state index contributed by atoms with van der Waals surface area (Å²) in [6.07, 6.45) is 2.22. The van der Waals surface area contributed by atoms with Crippen molar-refractivity contribution in [3.8, 4) is 0 Å². The van der Waals surface area contributed by atoms with E-state index in [2.05, 4.69) is 11.7 Å². The Hall–Kier alpha value is -0.0800. The first-order valence-electron chi connectivity index (χ1n) is 4.07. The molecule has 2 unspecified atom stereocenters. The van der Waals surface area contributed by atoms with Gasteiger partial charge in [0.25, 0.3) is 0 Å². The van der Waals surface area contributed by atoms with Crippen LogP contribution in [0.15, 0.2) is 0 Å². The molecule has 3 atom stereocenters. The highest BCUT2D eigenvalue weighted by molar-refractivity contribution is 5.05. The average Bonchev–Trinajstić information content (AvgIpc) is 2.53. The highest BCUT2D eigenvalue weighted by Crippen LogP contribution is 2.58. The Morgan fingerprint density at radius 2 is 2.30 bits per heavy atom. The Balaban J connectivity index is 2.06. The fraction of sp³-hybridized carbons (Fsp3) is 1.00. The maximum absolute atomic E-state index is 9.58. The van der Waals surface area contributed by atoms with Gasteiger partial charge in [-0.05, 0) is 12.3 Å². The fourth-order valence-corrected chi connectivity index (χ4v) is 2.17. The summed E-state index contributed by atoms with van der Waals surface area (Å²) in [5, 5.41) is 9.58. The topological polar surface area (TPSA) is 33.0 Å². The molecule has 1 spiro atoms. The molecule has 10 heavy (non-hydrogen) atoms. The zero-order valence-corrected chi connectivity index (χ0v) is 6.38. The van der Waals surface area contributed by atoms with Gasteiger partial charge in [0.05, 0.1) is 0 Å². The SMILES string of the molecule is CC1CC12CC[OH+]C[C@@H]2O. The maximum Gasteiger partial charge on any atom is 0.171 e. The number of aliphatic hydroxyl groups is 3. The van der Waals surface area contributed by atoms with Crippen molar-refractivity contribution >= 4 is 0 Å². The molecule has 0 aromatic rings. The lowest BCUT2D eigenvalue weighted by Crippen LogP contribution is -2.36. The van der Waals surface area contributed by atoms with Gasteiger partial charge in [0.15, 0.2) is 6.61 Å². The van der Waals surface area contributed by atoms with Crippen LogP contribution in [0, 0.1) is 11.3 Å². The molecule has 0 aromatic heterocycles. The highest BCUT2D eigenvalue weighted by Gasteiger charge is 2.58. The number of aliphatic hydroxyl groups excluding tert-OH is 1. The van der Waals surface area contributed by atoms with Gasteiger partial charge in [-0.2, -0.15) is 0 Å². The van der Waals surface area contributed by atoms with Gasteiger partial charge in [-0.25, -0.2) is 0 Å². The van der Waals surface area contributed by atoms with E-state index < -0.39 is 0 Å². The van der Waals surface area contributed by atoms with E-state index in [4.69, 9.17) is 0 Å². The largest absolute Gasteiger partial charge is 0.432 e. The van der Waals surface area contributed by atoms with Crippen molar-refractivity contribution in [3.05, 3.63) is 0 Å². The minimum atomic E-state index is -0.128. The van der Waals surface area contributed by atoms with Crippen LogP contribution in [0.1, 0.15) is 19.8 Å². The Labute approximate surface area is 61.2 Å². The molecule has 2 rings (SSSR count). The molecule has 2 nitrogen and oxygen atoms in total.